The number of nitrogens with zero attached hydrogens (tertiary/aromatic N) is 1. The van der Waals surface area contributed by atoms with Crippen LogP contribution in [-0.4, -0.2) is 33.4 Å². The minimum Gasteiger partial charge on any atom is -0.493 e. The summed E-state index contributed by atoms with van der Waals surface area (Å²) in [7, 11) is 6.51. The van der Waals surface area contributed by atoms with Crippen molar-refractivity contribution in [2.75, 3.05) is 28.4 Å². The van der Waals surface area contributed by atoms with E-state index in [1.165, 1.54) is 0 Å². The molecular weight excluding hydrogens is 350 g/mol. The fraction of sp³-hybridized carbons (Fsp3) is 0.250. The van der Waals surface area contributed by atoms with E-state index in [0.29, 0.717) is 23.0 Å². The lowest BCUT2D eigenvalue weighted by atomic mass is 10.1. The monoisotopic (exact) mass is 371 g/mol. The van der Waals surface area contributed by atoms with Crippen molar-refractivity contribution in [3.8, 4) is 44.8 Å². The molecule has 0 N–H and O–H groups in total. The molecule has 136 valence electrons. The van der Waals surface area contributed by atoms with E-state index in [4.69, 9.17) is 23.9 Å². The van der Waals surface area contributed by atoms with Crippen LogP contribution in [0.3, 0.4) is 0 Å². The standard InChI is InChI=1S/C20H21NO4S/c1-12-19(13-6-8-15(22-2)17(10-13)24-4)21-20(26-12)14-7-9-16(23-3)18(11-14)25-5/h6-11H,1-5H3. The summed E-state index contributed by atoms with van der Waals surface area (Å²) >= 11 is 1.64. The number of methoxy groups -OCH3 is 4. The Morgan fingerprint density at radius 1 is 0.692 bits per heavy atom. The van der Waals surface area contributed by atoms with Gasteiger partial charge in [0.2, 0.25) is 0 Å². The first-order valence-electron chi connectivity index (χ1n) is 8.03. The van der Waals surface area contributed by atoms with Gasteiger partial charge < -0.3 is 18.9 Å². The molecule has 26 heavy (non-hydrogen) atoms. The third-order valence-corrected chi connectivity index (χ3v) is 5.10. The number of aromatic nitrogens is 1. The van der Waals surface area contributed by atoms with Gasteiger partial charge in [0, 0.05) is 16.0 Å². The van der Waals surface area contributed by atoms with Crippen molar-refractivity contribution in [3.05, 3.63) is 41.3 Å². The van der Waals surface area contributed by atoms with Gasteiger partial charge >= 0.3 is 0 Å². The molecular formula is C20H21NO4S. The van der Waals surface area contributed by atoms with Crippen molar-refractivity contribution in [3.63, 3.8) is 0 Å². The highest BCUT2D eigenvalue weighted by Gasteiger charge is 2.15. The largest absolute Gasteiger partial charge is 0.493 e. The van der Waals surface area contributed by atoms with Gasteiger partial charge in [-0.3, -0.25) is 0 Å². The van der Waals surface area contributed by atoms with Crippen molar-refractivity contribution in [1.82, 2.24) is 4.98 Å². The van der Waals surface area contributed by atoms with Crippen molar-refractivity contribution >= 4 is 11.3 Å². The molecule has 0 amide bonds. The zero-order valence-corrected chi connectivity index (χ0v) is 16.3. The molecule has 0 aliphatic heterocycles. The number of ether oxygens (including phenoxy) is 4. The van der Waals surface area contributed by atoms with E-state index in [9.17, 15) is 0 Å². The van der Waals surface area contributed by atoms with Crippen molar-refractivity contribution in [2.24, 2.45) is 0 Å². The summed E-state index contributed by atoms with van der Waals surface area (Å²) in [5, 5.41) is 0.924. The maximum atomic E-state index is 5.41. The molecule has 0 atom stereocenters. The molecule has 0 aliphatic carbocycles. The Morgan fingerprint density at radius 3 is 1.73 bits per heavy atom. The summed E-state index contributed by atoms with van der Waals surface area (Å²) in [6.07, 6.45) is 0. The molecule has 0 unspecified atom stereocenters. The highest BCUT2D eigenvalue weighted by atomic mass is 32.1. The molecule has 6 heteroatoms. The van der Waals surface area contributed by atoms with Gasteiger partial charge in [-0.15, -0.1) is 11.3 Å². The minimum atomic E-state index is 0.685. The lowest BCUT2D eigenvalue weighted by molar-refractivity contribution is 0.355. The van der Waals surface area contributed by atoms with Gasteiger partial charge in [-0.05, 0) is 43.3 Å². The van der Waals surface area contributed by atoms with Gasteiger partial charge in [-0.1, -0.05) is 0 Å². The first-order valence-corrected chi connectivity index (χ1v) is 8.85. The van der Waals surface area contributed by atoms with Crippen LogP contribution < -0.4 is 18.9 Å². The number of hydrogen-bond acceptors (Lipinski definition) is 6. The zero-order valence-electron chi connectivity index (χ0n) is 15.5. The fourth-order valence-corrected chi connectivity index (χ4v) is 3.67. The first-order chi connectivity index (χ1) is 12.6. The lowest BCUT2D eigenvalue weighted by Crippen LogP contribution is -1.92. The zero-order chi connectivity index (χ0) is 18.7. The highest BCUT2D eigenvalue weighted by Crippen LogP contribution is 2.39. The molecule has 2 aromatic carbocycles. The van der Waals surface area contributed by atoms with Gasteiger partial charge in [0.05, 0.1) is 34.1 Å². The summed E-state index contributed by atoms with van der Waals surface area (Å²) in [6.45, 7) is 2.06. The second-order valence-electron chi connectivity index (χ2n) is 5.56. The number of benzene rings is 2. The van der Waals surface area contributed by atoms with Gasteiger partial charge in [0.1, 0.15) is 5.01 Å². The van der Waals surface area contributed by atoms with E-state index >= 15 is 0 Å². The summed E-state index contributed by atoms with van der Waals surface area (Å²) < 4.78 is 21.4. The summed E-state index contributed by atoms with van der Waals surface area (Å²) in [4.78, 5) is 5.96. The van der Waals surface area contributed by atoms with Crippen LogP contribution in [0.4, 0.5) is 0 Å². The molecule has 0 radical (unpaired) electrons. The average molecular weight is 371 g/mol. The summed E-state index contributed by atoms with van der Waals surface area (Å²) in [5.74, 6) is 2.77. The smallest absolute Gasteiger partial charge is 0.161 e. The maximum absolute atomic E-state index is 5.41. The van der Waals surface area contributed by atoms with Crippen LogP contribution >= 0.6 is 11.3 Å². The van der Waals surface area contributed by atoms with Gasteiger partial charge in [-0.2, -0.15) is 0 Å². The Morgan fingerprint density at radius 2 is 1.19 bits per heavy atom. The SMILES string of the molecule is COc1ccc(-c2nc(-c3ccc(OC)c(OC)c3)c(C)s2)cc1OC. The van der Waals surface area contributed by atoms with E-state index < -0.39 is 0 Å². The Bertz CT molecular complexity index is 920. The maximum Gasteiger partial charge on any atom is 0.161 e. The molecule has 0 fully saturated rings. The Kier molecular flexibility index (Phi) is 5.32. The Balaban J connectivity index is 2.02. The van der Waals surface area contributed by atoms with Crippen LogP contribution in [0.1, 0.15) is 4.88 Å². The van der Waals surface area contributed by atoms with Gasteiger partial charge in [0.15, 0.2) is 23.0 Å². The minimum absolute atomic E-state index is 0.685. The van der Waals surface area contributed by atoms with Crippen LogP contribution in [0.5, 0.6) is 23.0 Å². The normalized spacial score (nSPS) is 10.5. The second kappa shape index (κ2) is 7.66. The van der Waals surface area contributed by atoms with Crippen LogP contribution in [0, 0.1) is 6.92 Å². The van der Waals surface area contributed by atoms with E-state index in [1.807, 2.05) is 36.4 Å². The van der Waals surface area contributed by atoms with Gasteiger partial charge in [0.25, 0.3) is 0 Å². The van der Waals surface area contributed by atoms with Crippen molar-refractivity contribution in [1.29, 1.82) is 0 Å². The topological polar surface area (TPSA) is 49.8 Å². The molecule has 0 saturated heterocycles. The number of hydrogen-bond donors (Lipinski definition) is 0. The summed E-state index contributed by atoms with van der Waals surface area (Å²) in [5.41, 5.74) is 2.91. The molecule has 3 rings (SSSR count). The predicted octanol–water partition coefficient (Wildman–Crippen LogP) is 4.82. The van der Waals surface area contributed by atoms with E-state index in [2.05, 4.69) is 6.92 Å². The number of rotatable bonds is 6. The van der Waals surface area contributed by atoms with E-state index in [-0.39, 0.29) is 0 Å². The van der Waals surface area contributed by atoms with E-state index in [1.54, 1.807) is 39.8 Å². The number of aryl methyl sites for hydroxylation is 1. The molecule has 3 aromatic rings. The third kappa shape index (κ3) is 3.32. The Labute approximate surface area is 157 Å². The molecule has 1 heterocycles. The van der Waals surface area contributed by atoms with Crippen LogP contribution in [0.25, 0.3) is 21.8 Å². The Hall–Kier alpha value is -2.73. The molecule has 1 aromatic heterocycles. The molecule has 0 spiro atoms. The van der Waals surface area contributed by atoms with Crippen LogP contribution in [0.15, 0.2) is 36.4 Å². The van der Waals surface area contributed by atoms with Crippen molar-refractivity contribution in [2.45, 2.75) is 6.92 Å². The fourth-order valence-electron chi connectivity index (χ4n) is 2.74. The lowest BCUT2D eigenvalue weighted by Gasteiger charge is -2.09. The molecule has 0 bridgehead atoms. The summed E-state index contributed by atoms with van der Waals surface area (Å²) in [6, 6.07) is 11.6. The first kappa shape index (κ1) is 18.1. The quantitative estimate of drug-likeness (QED) is 0.622. The average Bonchev–Trinajstić information content (AvgIpc) is 3.08. The van der Waals surface area contributed by atoms with Crippen molar-refractivity contribution < 1.29 is 18.9 Å². The second-order valence-corrected chi connectivity index (χ2v) is 6.77. The van der Waals surface area contributed by atoms with E-state index in [0.717, 1.165) is 26.7 Å². The van der Waals surface area contributed by atoms with Crippen LogP contribution in [0.2, 0.25) is 0 Å². The predicted molar refractivity (Wildman–Crippen MR) is 104 cm³/mol. The number of thiazole rings is 1. The van der Waals surface area contributed by atoms with Crippen LogP contribution in [-0.2, 0) is 0 Å². The van der Waals surface area contributed by atoms with Gasteiger partial charge in [-0.25, -0.2) is 4.98 Å². The highest BCUT2D eigenvalue weighted by molar-refractivity contribution is 7.15. The molecule has 0 aliphatic rings. The third-order valence-electron chi connectivity index (χ3n) is 4.08. The molecule has 5 nitrogen and oxygen atoms in total. The molecule has 0 saturated carbocycles.